The first-order valence-corrected chi connectivity index (χ1v) is 8.22. The summed E-state index contributed by atoms with van der Waals surface area (Å²) in [7, 11) is 0. The Morgan fingerprint density at radius 1 is 1.23 bits per heavy atom. The van der Waals surface area contributed by atoms with E-state index < -0.39 is 37.3 Å². The first kappa shape index (κ1) is 20.3. The quantitative estimate of drug-likeness (QED) is 0.722. The Bertz CT molecular complexity index is 600. The summed E-state index contributed by atoms with van der Waals surface area (Å²) in [6.07, 6.45) is -3.19. The molecule has 11 heteroatoms. The third kappa shape index (κ3) is 6.36. The topological polar surface area (TPSA) is 86.9 Å². The van der Waals surface area contributed by atoms with Crippen molar-refractivity contribution in [2.45, 2.75) is 58.0 Å². The lowest BCUT2D eigenvalue weighted by molar-refractivity contribution is -0.325. The fourth-order valence-corrected chi connectivity index (χ4v) is 2.43. The highest BCUT2D eigenvalue weighted by Gasteiger charge is 2.35. The molecule has 0 spiro atoms. The molecule has 1 aliphatic heterocycles. The van der Waals surface area contributed by atoms with Crippen LogP contribution in [-0.2, 0) is 9.47 Å². The highest BCUT2D eigenvalue weighted by Crippen LogP contribution is 2.32. The lowest BCUT2D eigenvalue weighted by atomic mass is 10.0. The highest BCUT2D eigenvalue weighted by atomic mass is 19.4. The first-order chi connectivity index (χ1) is 12.1. The van der Waals surface area contributed by atoms with Crippen molar-refractivity contribution < 1.29 is 36.6 Å². The molecule has 2 heterocycles. The molecule has 1 fully saturated rings. The number of piperidine rings is 1. The van der Waals surface area contributed by atoms with E-state index in [9.17, 15) is 18.0 Å². The Labute approximate surface area is 148 Å². The van der Waals surface area contributed by atoms with Crippen molar-refractivity contribution in [1.29, 1.82) is 0 Å². The summed E-state index contributed by atoms with van der Waals surface area (Å²) in [5.41, 5.74) is -0.638. The number of amides is 1. The van der Waals surface area contributed by atoms with Crippen LogP contribution in [0.2, 0.25) is 0 Å². The number of likely N-dealkylation sites (tertiary alicyclic amines) is 1. The monoisotopic (exact) mass is 381 g/mol. The van der Waals surface area contributed by atoms with Gasteiger partial charge in [0.15, 0.2) is 0 Å². The lowest BCUT2D eigenvalue weighted by Gasteiger charge is -2.34. The van der Waals surface area contributed by atoms with E-state index in [2.05, 4.69) is 14.9 Å². The predicted octanol–water partition coefficient (Wildman–Crippen LogP) is 3.45. The van der Waals surface area contributed by atoms with Crippen molar-refractivity contribution in [3.05, 3.63) is 5.89 Å². The number of rotatable bonds is 5. The minimum Gasteiger partial charge on any atom is -0.447 e. The zero-order valence-electron chi connectivity index (χ0n) is 14.8. The number of aromatic nitrogens is 2. The molecule has 0 radical (unpaired) electrons. The van der Waals surface area contributed by atoms with E-state index in [0.717, 1.165) is 12.8 Å². The zero-order valence-corrected chi connectivity index (χ0v) is 14.8. The maximum absolute atomic E-state index is 12.4. The number of hydrogen-bond donors (Lipinski definition) is 0. The van der Waals surface area contributed by atoms with Crippen molar-refractivity contribution in [2.24, 2.45) is 0 Å². The van der Waals surface area contributed by atoms with Crippen molar-refractivity contribution >= 4 is 6.09 Å². The Kier molecular flexibility index (Phi) is 6.32. The smallest absolute Gasteiger partial charge is 0.447 e. The molecule has 2 rings (SSSR count). The molecule has 1 saturated heterocycles. The maximum atomic E-state index is 12.4. The van der Waals surface area contributed by atoms with Gasteiger partial charge in [0.1, 0.15) is 18.2 Å². The van der Waals surface area contributed by atoms with Crippen LogP contribution in [0.4, 0.5) is 18.0 Å². The van der Waals surface area contributed by atoms with Gasteiger partial charge in [-0.1, -0.05) is 5.10 Å². The number of carbonyl (C=O) groups is 1. The highest BCUT2D eigenvalue weighted by molar-refractivity contribution is 5.68. The predicted molar refractivity (Wildman–Crippen MR) is 81.3 cm³/mol. The third-order valence-corrected chi connectivity index (χ3v) is 3.41. The second-order valence-corrected chi connectivity index (χ2v) is 6.73. The number of halogens is 3. The first-order valence-electron chi connectivity index (χ1n) is 8.22. The minimum atomic E-state index is -4.72. The Hall–Kier alpha value is -2.04. The molecule has 0 N–H and O–H groups in total. The summed E-state index contributed by atoms with van der Waals surface area (Å²) < 4.78 is 54.9. The molecule has 0 bridgehead atoms. The summed E-state index contributed by atoms with van der Waals surface area (Å²) in [6, 6.07) is -0.463. The van der Waals surface area contributed by atoms with E-state index in [0.29, 0.717) is 13.0 Å². The number of ether oxygens (including phenoxy) is 3. The van der Waals surface area contributed by atoms with E-state index in [4.69, 9.17) is 13.9 Å². The van der Waals surface area contributed by atoms with Crippen molar-refractivity contribution in [1.82, 2.24) is 15.1 Å². The van der Waals surface area contributed by atoms with Crippen molar-refractivity contribution in [3.8, 4) is 6.08 Å². The molecular formula is C15H22F3N3O5. The normalized spacial score (nSPS) is 18.7. The molecule has 1 atom stereocenters. The van der Waals surface area contributed by atoms with Gasteiger partial charge >= 0.3 is 18.5 Å². The summed E-state index contributed by atoms with van der Waals surface area (Å²) in [4.78, 5) is 13.9. The average molecular weight is 381 g/mol. The molecule has 0 aromatic carbocycles. The van der Waals surface area contributed by atoms with Crippen LogP contribution in [0.5, 0.6) is 6.08 Å². The van der Waals surface area contributed by atoms with Gasteiger partial charge in [-0.15, -0.1) is 18.3 Å². The largest absolute Gasteiger partial charge is 0.522 e. The average Bonchev–Trinajstić information content (AvgIpc) is 2.98. The Morgan fingerprint density at radius 2 is 1.96 bits per heavy atom. The van der Waals surface area contributed by atoms with E-state index in [1.54, 1.807) is 20.8 Å². The SMILES string of the molecule is CC(C)(C)OC(=O)N1CCCCC1c1nnc(OCCOC(F)(F)F)o1. The zero-order chi connectivity index (χ0) is 19.4. The molecule has 1 amide bonds. The minimum absolute atomic E-state index is 0.155. The number of carbonyl (C=O) groups excluding carboxylic acids is 1. The molecular weight excluding hydrogens is 359 g/mol. The molecule has 1 aromatic rings. The van der Waals surface area contributed by atoms with Crippen LogP contribution >= 0.6 is 0 Å². The summed E-state index contributed by atoms with van der Waals surface area (Å²) in [5, 5.41) is 7.48. The fourth-order valence-electron chi connectivity index (χ4n) is 2.43. The van der Waals surface area contributed by atoms with Crippen LogP contribution in [0.25, 0.3) is 0 Å². The number of hydrogen-bond acceptors (Lipinski definition) is 7. The van der Waals surface area contributed by atoms with Crippen LogP contribution < -0.4 is 4.74 Å². The van der Waals surface area contributed by atoms with Crippen molar-refractivity contribution in [3.63, 3.8) is 0 Å². The van der Waals surface area contributed by atoms with E-state index >= 15 is 0 Å². The van der Waals surface area contributed by atoms with Gasteiger partial charge in [-0.25, -0.2) is 4.79 Å². The molecule has 0 aliphatic carbocycles. The molecule has 148 valence electrons. The number of alkyl halides is 3. The van der Waals surface area contributed by atoms with Gasteiger partial charge in [-0.2, -0.15) is 0 Å². The summed E-state index contributed by atoms with van der Waals surface area (Å²) in [6.45, 7) is 4.69. The molecule has 1 unspecified atom stereocenters. The second kappa shape index (κ2) is 8.11. The fraction of sp³-hybridized carbons (Fsp3) is 0.800. The molecule has 0 saturated carbocycles. The number of nitrogens with zero attached hydrogens (tertiary/aromatic N) is 3. The summed E-state index contributed by atoms with van der Waals surface area (Å²) in [5.74, 6) is 0.155. The van der Waals surface area contributed by atoms with Gasteiger partial charge < -0.3 is 13.9 Å². The van der Waals surface area contributed by atoms with Gasteiger partial charge in [-0.3, -0.25) is 9.64 Å². The van der Waals surface area contributed by atoms with E-state index in [-0.39, 0.29) is 12.0 Å². The molecule has 26 heavy (non-hydrogen) atoms. The molecule has 8 nitrogen and oxygen atoms in total. The van der Waals surface area contributed by atoms with Crippen LogP contribution in [0.3, 0.4) is 0 Å². The molecule has 1 aromatic heterocycles. The van der Waals surface area contributed by atoms with Gasteiger partial charge in [0.25, 0.3) is 0 Å². The maximum Gasteiger partial charge on any atom is 0.522 e. The Balaban J connectivity index is 1.95. The van der Waals surface area contributed by atoms with Crippen molar-refractivity contribution in [2.75, 3.05) is 19.8 Å². The standard InChI is InChI=1S/C15H22F3N3O5/c1-14(2,3)26-13(22)21-7-5-4-6-10(21)11-19-20-12(25-11)23-8-9-24-15(16,17)18/h10H,4-9H2,1-3H3. The molecule has 1 aliphatic rings. The van der Waals surface area contributed by atoms with Gasteiger partial charge in [0.2, 0.25) is 5.89 Å². The summed E-state index contributed by atoms with van der Waals surface area (Å²) >= 11 is 0. The van der Waals surface area contributed by atoms with Crippen LogP contribution in [0.15, 0.2) is 4.42 Å². The van der Waals surface area contributed by atoms with E-state index in [1.165, 1.54) is 4.90 Å². The van der Waals surface area contributed by atoms with Crippen LogP contribution in [-0.4, -0.2) is 52.9 Å². The lowest BCUT2D eigenvalue weighted by Crippen LogP contribution is -2.42. The van der Waals surface area contributed by atoms with Gasteiger partial charge in [0, 0.05) is 6.54 Å². The van der Waals surface area contributed by atoms with E-state index in [1.807, 2.05) is 0 Å². The Morgan fingerprint density at radius 3 is 2.62 bits per heavy atom. The van der Waals surface area contributed by atoms with Crippen LogP contribution in [0, 0.1) is 0 Å². The van der Waals surface area contributed by atoms with Crippen LogP contribution in [0.1, 0.15) is 52.0 Å². The third-order valence-electron chi connectivity index (χ3n) is 3.41. The second-order valence-electron chi connectivity index (χ2n) is 6.73. The van der Waals surface area contributed by atoms with Gasteiger partial charge in [-0.05, 0) is 40.0 Å². The van der Waals surface area contributed by atoms with Gasteiger partial charge in [0.05, 0.1) is 6.61 Å².